The van der Waals surface area contributed by atoms with Crippen molar-refractivity contribution < 1.29 is 19.5 Å². The molecule has 130 valence electrons. The van der Waals surface area contributed by atoms with E-state index in [0.717, 1.165) is 12.8 Å². The van der Waals surface area contributed by atoms with Crippen LogP contribution in [0.25, 0.3) is 0 Å². The minimum atomic E-state index is -0.900. The van der Waals surface area contributed by atoms with Crippen LogP contribution in [0.5, 0.6) is 0 Å². The number of amides is 2. The van der Waals surface area contributed by atoms with Gasteiger partial charge in [0.1, 0.15) is 6.04 Å². The Morgan fingerprint density at radius 1 is 1.35 bits per heavy atom. The number of nitrogens with zero attached hydrogens (tertiary/aromatic N) is 1. The molecule has 1 saturated heterocycles. The van der Waals surface area contributed by atoms with Gasteiger partial charge >= 0.3 is 5.97 Å². The van der Waals surface area contributed by atoms with Crippen molar-refractivity contribution in [2.24, 2.45) is 11.3 Å². The van der Waals surface area contributed by atoms with Crippen molar-refractivity contribution in [2.75, 3.05) is 18.2 Å². The van der Waals surface area contributed by atoms with Gasteiger partial charge in [-0.2, -0.15) is 0 Å². The zero-order valence-electron chi connectivity index (χ0n) is 13.8. The number of carboxylic acids is 1. The highest BCUT2D eigenvalue weighted by atomic mass is 32.2. The van der Waals surface area contributed by atoms with Crippen molar-refractivity contribution in [3.05, 3.63) is 0 Å². The molecule has 1 atom stereocenters. The Hall–Kier alpha value is -1.24. The molecule has 2 fully saturated rings. The molecule has 1 unspecified atom stereocenters. The molecule has 1 heterocycles. The van der Waals surface area contributed by atoms with Gasteiger partial charge in [-0.15, -0.1) is 11.8 Å². The molecule has 0 radical (unpaired) electrons. The van der Waals surface area contributed by atoms with Gasteiger partial charge in [-0.3, -0.25) is 14.4 Å². The summed E-state index contributed by atoms with van der Waals surface area (Å²) in [6.07, 6.45) is 2.88. The number of carbonyl (C=O) groups is 3. The van der Waals surface area contributed by atoms with Gasteiger partial charge in [0.15, 0.2) is 0 Å². The number of hydrogen-bond donors (Lipinski definition) is 2. The van der Waals surface area contributed by atoms with Gasteiger partial charge in [-0.1, -0.05) is 20.3 Å². The number of carboxylic acid groups (broad SMARTS) is 1. The zero-order chi connectivity index (χ0) is 17.0. The van der Waals surface area contributed by atoms with Crippen LogP contribution in [0.15, 0.2) is 0 Å². The molecule has 1 aliphatic heterocycles. The smallest absolute Gasteiger partial charge is 0.310 e. The highest BCUT2D eigenvalue weighted by Gasteiger charge is 2.48. The molecular weight excluding hydrogens is 316 g/mol. The lowest BCUT2D eigenvalue weighted by Gasteiger charge is -2.38. The molecule has 2 amide bonds. The largest absolute Gasteiger partial charge is 0.481 e. The van der Waals surface area contributed by atoms with Gasteiger partial charge < -0.3 is 15.3 Å². The summed E-state index contributed by atoms with van der Waals surface area (Å²) in [5.74, 6) is 0.348. The van der Waals surface area contributed by atoms with Crippen molar-refractivity contribution in [3.63, 3.8) is 0 Å². The van der Waals surface area contributed by atoms with Crippen LogP contribution < -0.4 is 5.32 Å². The number of thioether (sulfide) groups is 1. The van der Waals surface area contributed by atoms with E-state index in [1.807, 2.05) is 0 Å². The molecule has 0 aromatic rings. The predicted octanol–water partition coefficient (Wildman–Crippen LogP) is 1.70. The first-order chi connectivity index (χ1) is 10.9. The van der Waals surface area contributed by atoms with Crippen LogP contribution in [-0.4, -0.2) is 52.0 Å². The van der Waals surface area contributed by atoms with Gasteiger partial charge in [0.05, 0.1) is 11.3 Å². The summed E-state index contributed by atoms with van der Waals surface area (Å²) in [5.41, 5.74) is -0.900. The van der Waals surface area contributed by atoms with Crippen molar-refractivity contribution in [1.29, 1.82) is 0 Å². The average Bonchev–Trinajstić information content (AvgIpc) is 2.91. The molecular formula is C16H26N2O4S. The minimum absolute atomic E-state index is 0.0126. The molecule has 7 heteroatoms. The molecule has 6 nitrogen and oxygen atoms in total. The second-order valence-corrected chi connectivity index (χ2v) is 7.97. The molecule has 0 spiro atoms. The molecule has 2 rings (SSSR count). The quantitative estimate of drug-likeness (QED) is 0.735. The van der Waals surface area contributed by atoms with E-state index in [9.17, 15) is 19.5 Å². The van der Waals surface area contributed by atoms with Crippen molar-refractivity contribution in [1.82, 2.24) is 10.2 Å². The topological polar surface area (TPSA) is 86.7 Å². The van der Waals surface area contributed by atoms with Gasteiger partial charge in [-0.05, 0) is 25.2 Å². The van der Waals surface area contributed by atoms with Crippen molar-refractivity contribution in [2.45, 2.75) is 52.0 Å². The Morgan fingerprint density at radius 2 is 2.04 bits per heavy atom. The van der Waals surface area contributed by atoms with Crippen LogP contribution in [0, 0.1) is 11.3 Å². The standard InChI is InChI=1S/C16H26N2O4S/c1-11(2)4-7-17-14(20)12-9-23-10-18(12)13(19)8-16(15(21)22)5-3-6-16/h11-12H,3-10H2,1-2H3,(H,17,20)(H,21,22). The normalized spacial score (nSPS) is 22.7. The molecule has 2 N–H and O–H groups in total. The first-order valence-corrected chi connectivity index (χ1v) is 9.39. The maximum Gasteiger partial charge on any atom is 0.310 e. The van der Waals surface area contributed by atoms with Crippen LogP contribution in [-0.2, 0) is 14.4 Å². The second kappa shape index (κ2) is 7.55. The van der Waals surface area contributed by atoms with Crippen molar-refractivity contribution >= 4 is 29.5 Å². The molecule has 2 aliphatic rings. The third-order valence-electron chi connectivity index (χ3n) is 4.78. The van der Waals surface area contributed by atoms with E-state index in [1.165, 1.54) is 0 Å². The Balaban J connectivity index is 1.91. The van der Waals surface area contributed by atoms with E-state index in [-0.39, 0.29) is 18.2 Å². The minimum Gasteiger partial charge on any atom is -0.481 e. The van der Waals surface area contributed by atoms with Crippen LogP contribution >= 0.6 is 11.8 Å². The van der Waals surface area contributed by atoms with Crippen LogP contribution in [0.2, 0.25) is 0 Å². The number of hydrogen-bond acceptors (Lipinski definition) is 4. The Labute approximate surface area is 141 Å². The Morgan fingerprint density at radius 3 is 2.57 bits per heavy atom. The average molecular weight is 342 g/mol. The van der Waals surface area contributed by atoms with Gasteiger partial charge in [-0.25, -0.2) is 0 Å². The first-order valence-electron chi connectivity index (χ1n) is 8.24. The number of carbonyl (C=O) groups excluding carboxylic acids is 2. The molecule has 1 saturated carbocycles. The summed E-state index contributed by atoms with van der Waals surface area (Å²) < 4.78 is 0. The van der Waals surface area contributed by atoms with E-state index in [0.29, 0.717) is 36.9 Å². The zero-order valence-corrected chi connectivity index (χ0v) is 14.7. The molecule has 0 bridgehead atoms. The van der Waals surface area contributed by atoms with E-state index in [1.54, 1.807) is 16.7 Å². The fourth-order valence-corrected chi connectivity index (χ4v) is 4.15. The van der Waals surface area contributed by atoms with E-state index >= 15 is 0 Å². The predicted molar refractivity (Wildman–Crippen MR) is 89.0 cm³/mol. The highest BCUT2D eigenvalue weighted by molar-refractivity contribution is 7.99. The fraction of sp³-hybridized carbons (Fsp3) is 0.812. The lowest BCUT2D eigenvalue weighted by molar-refractivity contribution is -0.159. The summed E-state index contributed by atoms with van der Waals surface area (Å²) >= 11 is 1.54. The first kappa shape index (κ1) is 18.1. The Kier molecular flexibility index (Phi) is 5.95. The fourth-order valence-electron chi connectivity index (χ4n) is 2.97. The van der Waals surface area contributed by atoms with Gasteiger partial charge in [0.2, 0.25) is 11.8 Å². The number of nitrogens with one attached hydrogen (secondary N) is 1. The second-order valence-electron chi connectivity index (χ2n) is 6.97. The molecule has 0 aromatic carbocycles. The van der Waals surface area contributed by atoms with E-state index in [2.05, 4.69) is 19.2 Å². The van der Waals surface area contributed by atoms with Crippen LogP contribution in [0.1, 0.15) is 46.0 Å². The maximum absolute atomic E-state index is 12.5. The summed E-state index contributed by atoms with van der Waals surface area (Å²) in [5, 5.41) is 12.3. The van der Waals surface area contributed by atoms with Crippen LogP contribution in [0.3, 0.4) is 0 Å². The monoisotopic (exact) mass is 342 g/mol. The number of rotatable bonds is 7. The summed E-state index contributed by atoms with van der Waals surface area (Å²) in [4.78, 5) is 37.8. The molecule has 0 aromatic heterocycles. The lowest BCUT2D eigenvalue weighted by Crippen LogP contribution is -2.50. The molecule has 1 aliphatic carbocycles. The van der Waals surface area contributed by atoms with E-state index < -0.39 is 17.4 Å². The summed E-state index contributed by atoms with van der Waals surface area (Å²) in [6, 6.07) is -0.467. The maximum atomic E-state index is 12.5. The van der Waals surface area contributed by atoms with Gasteiger partial charge in [0.25, 0.3) is 0 Å². The van der Waals surface area contributed by atoms with Crippen LogP contribution in [0.4, 0.5) is 0 Å². The van der Waals surface area contributed by atoms with Crippen molar-refractivity contribution in [3.8, 4) is 0 Å². The van der Waals surface area contributed by atoms with E-state index in [4.69, 9.17) is 0 Å². The lowest BCUT2D eigenvalue weighted by atomic mass is 9.66. The Bertz CT molecular complexity index is 477. The summed E-state index contributed by atoms with van der Waals surface area (Å²) in [6.45, 7) is 4.80. The summed E-state index contributed by atoms with van der Waals surface area (Å²) in [7, 11) is 0. The third-order valence-corrected chi connectivity index (χ3v) is 5.79. The third kappa shape index (κ3) is 4.19. The SMILES string of the molecule is CC(C)CCNC(=O)C1CSCN1C(=O)CC1(C(=O)O)CCC1. The number of aliphatic carboxylic acids is 1. The van der Waals surface area contributed by atoms with Gasteiger partial charge in [0, 0.05) is 18.7 Å². The molecule has 23 heavy (non-hydrogen) atoms. The highest BCUT2D eigenvalue weighted by Crippen LogP contribution is 2.45.